The van der Waals surface area contributed by atoms with Crippen molar-refractivity contribution in [3.63, 3.8) is 0 Å². The molecule has 4 fully saturated rings. The second kappa shape index (κ2) is 7.91. The quantitative estimate of drug-likeness (QED) is 0.690. The Bertz CT molecular complexity index is 618. The van der Waals surface area contributed by atoms with Crippen LogP contribution in [-0.4, -0.2) is 42.4 Å². The fourth-order valence-corrected chi connectivity index (χ4v) is 7.92. The van der Waals surface area contributed by atoms with Crippen LogP contribution in [-0.2, 0) is 14.3 Å². The van der Waals surface area contributed by atoms with Crippen molar-refractivity contribution in [2.75, 3.05) is 19.8 Å². The molecule has 7 atom stereocenters. The molecule has 4 aliphatic rings. The molecule has 0 aromatic rings. The predicted octanol–water partition coefficient (Wildman–Crippen LogP) is 4.77. The first-order valence-corrected chi connectivity index (χ1v) is 12.2. The van der Waals surface area contributed by atoms with Gasteiger partial charge in [-0.3, -0.25) is 4.79 Å². The van der Waals surface area contributed by atoms with Crippen molar-refractivity contribution in [1.29, 1.82) is 0 Å². The van der Waals surface area contributed by atoms with Gasteiger partial charge in [-0.2, -0.15) is 0 Å². The molecule has 4 rings (SSSR count). The first-order valence-electron chi connectivity index (χ1n) is 12.2. The zero-order valence-electron chi connectivity index (χ0n) is 19.0. The van der Waals surface area contributed by atoms with Crippen molar-refractivity contribution in [3.05, 3.63) is 0 Å². The number of fused-ring (bicyclic) bond motifs is 5. The van der Waals surface area contributed by atoms with Crippen LogP contribution in [0.25, 0.3) is 0 Å². The fraction of sp³-hybridized carbons (Fsp3) is 0.960. The molecule has 29 heavy (non-hydrogen) atoms. The number of hydrogen-bond acceptors (Lipinski definition) is 4. The standard InChI is InChI=1S/C25H42O4/c1-5-28-15-24(27)12-13-25(16-29-17(2)3)18(14-24)6-7-19-20-8-9-22(26)23(20,4)11-10-21(19)25/h17-21,27H,5-16H2,1-4H3/t18-,19+,20+,21+,23+,24-,25-/m1/s1. The van der Waals surface area contributed by atoms with E-state index in [9.17, 15) is 9.90 Å². The minimum Gasteiger partial charge on any atom is -0.387 e. The molecule has 4 saturated carbocycles. The highest BCUT2D eigenvalue weighted by Crippen LogP contribution is 2.66. The third-order valence-corrected chi connectivity index (χ3v) is 9.49. The van der Waals surface area contributed by atoms with E-state index in [0.29, 0.717) is 42.7 Å². The Morgan fingerprint density at radius 1 is 1.07 bits per heavy atom. The highest BCUT2D eigenvalue weighted by molar-refractivity contribution is 5.87. The first kappa shape index (κ1) is 21.8. The lowest BCUT2D eigenvalue weighted by molar-refractivity contribution is -0.193. The first-order chi connectivity index (χ1) is 13.7. The van der Waals surface area contributed by atoms with E-state index in [1.54, 1.807) is 0 Å². The Balaban J connectivity index is 1.61. The van der Waals surface area contributed by atoms with Crippen LogP contribution in [0.15, 0.2) is 0 Å². The summed E-state index contributed by atoms with van der Waals surface area (Å²) in [6, 6.07) is 0. The van der Waals surface area contributed by atoms with Gasteiger partial charge in [0.1, 0.15) is 5.78 Å². The third-order valence-electron chi connectivity index (χ3n) is 9.49. The van der Waals surface area contributed by atoms with Crippen LogP contribution in [0.3, 0.4) is 0 Å². The zero-order valence-corrected chi connectivity index (χ0v) is 19.0. The number of ether oxygens (including phenoxy) is 2. The minimum atomic E-state index is -0.679. The van der Waals surface area contributed by atoms with Crippen molar-refractivity contribution in [1.82, 2.24) is 0 Å². The molecule has 4 aliphatic carbocycles. The Morgan fingerprint density at radius 3 is 2.59 bits per heavy atom. The molecular formula is C25H42O4. The molecule has 166 valence electrons. The van der Waals surface area contributed by atoms with E-state index >= 15 is 0 Å². The fourth-order valence-electron chi connectivity index (χ4n) is 7.92. The van der Waals surface area contributed by atoms with E-state index in [2.05, 4.69) is 20.8 Å². The van der Waals surface area contributed by atoms with Gasteiger partial charge < -0.3 is 14.6 Å². The van der Waals surface area contributed by atoms with Crippen molar-refractivity contribution in [2.45, 2.75) is 97.2 Å². The number of rotatable bonds is 6. The van der Waals surface area contributed by atoms with Gasteiger partial charge in [0, 0.05) is 18.4 Å². The van der Waals surface area contributed by atoms with Gasteiger partial charge in [0.2, 0.25) is 0 Å². The largest absolute Gasteiger partial charge is 0.387 e. The van der Waals surface area contributed by atoms with Gasteiger partial charge >= 0.3 is 0 Å². The lowest BCUT2D eigenvalue weighted by Gasteiger charge is -2.62. The van der Waals surface area contributed by atoms with E-state index in [1.807, 2.05) is 6.92 Å². The molecule has 0 aliphatic heterocycles. The average Bonchev–Trinajstić information content (AvgIpc) is 3.00. The molecular weight excluding hydrogens is 364 g/mol. The molecule has 0 aromatic carbocycles. The zero-order chi connectivity index (χ0) is 20.9. The molecule has 0 bridgehead atoms. The van der Waals surface area contributed by atoms with Crippen LogP contribution in [0.4, 0.5) is 0 Å². The number of aliphatic hydroxyl groups is 1. The Hall–Kier alpha value is -0.450. The summed E-state index contributed by atoms with van der Waals surface area (Å²) < 4.78 is 12.0. The van der Waals surface area contributed by atoms with Crippen LogP contribution in [0.1, 0.15) is 85.5 Å². The van der Waals surface area contributed by atoms with E-state index in [-0.39, 0.29) is 16.9 Å². The number of carbonyl (C=O) groups excluding carboxylic acids is 1. The summed E-state index contributed by atoms with van der Waals surface area (Å²) in [5.41, 5.74) is -0.585. The highest BCUT2D eigenvalue weighted by Gasteiger charge is 2.62. The van der Waals surface area contributed by atoms with Gasteiger partial charge in [0.05, 0.1) is 24.9 Å². The van der Waals surface area contributed by atoms with E-state index in [1.165, 1.54) is 6.42 Å². The number of carbonyl (C=O) groups is 1. The molecule has 4 nitrogen and oxygen atoms in total. The molecule has 1 N–H and O–H groups in total. The third kappa shape index (κ3) is 3.61. The van der Waals surface area contributed by atoms with Gasteiger partial charge in [-0.25, -0.2) is 0 Å². The topological polar surface area (TPSA) is 55.8 Å². The summed E-state index contributed by atoms with van der Waals surface area (Å²) in [5, 5.41) is 11.2. The summed E-state index contributed by atoms with van der Waals surface area (Å²) in [6.45, 7) is 10.5. The molecule has 0 spiro atoms. The summed E-state index contributed by atoms with van der Waals surface area (Å²) in [4.78, 5) is 12.7. The van der Waals surface area contributed by atoms with E-state index in [4.69, 9.17) is 9.47 Å². The van der Waals surface area contributed by atoms with Crippen LogP contribution in [0.5, 0.6) is 0 Å². The van der Waals surface area contributed by atoms with Crippen molar-refractivity contribution in [3.8, 4) is 0 Å². The van der Waals surface area contributed by atoms with Gasteiger partial charge in [-0.05, 0) is 101 Å². The van der Waals surface area contributed by atoms with Crippen LogP contribution >= 0.6 is 0 Å². The van der Waals surface area contributed by atoms with Crippen molar-refractivity contribution < 1.29 is 19.4 Å². The second-order valence-electron chi connectivity index (χ2n) is 11.2. The maximum atomic E-state index is 12.7. The van der Waals surface area contributed by atoms with Crippen molar-refractivity contribution >= 4 is 5.78 Å². The maximum absolute atomic E-state index is 12.7. The monoisotopic (exact) mass is 406 g/mol. The Kier molecular flexibility index (Phi) is 5.94. The summed E-state index contributed by atoms with van der Waals surface area (Å²) in [6.07, 6.45) is 9.40. The molecule has 0 aromatic heterocycles. The molecule has 0 amide bonds. The van der Waals surface area contributed by atoms with Crippen molar-refractivity contribution in [2.24, 2.45) is 34.5 Å². The summed E-state index contributed by atoms with van der Waals surface area (Å²) in [5.74, 6) is 2.88. The predicted molar refractivity (Wildman–Crippen MR) is 114 cm³/mol. The lowest BCUT2D eigenvalue weighted by Crippen LogP contribution is -2.59. The SMILES string of the molecule is CCOC[C@@]1(O)CC[C@@]2(COC(C)C)[C@H](CC[C@@H]3[C@@H]2CC[C@]2(C)C(=O)CC[C@@H]32)C1. The Labute approximate surface area is 177 Å². The van der Waals surface area contributed by atoms with Gasteiger partial charge in [-0.15, -0.1) is 0 Å². The van der Waals surface area contributed by atoms with E-state index in [0.717, 1.165) is 58.0 Å². The molecule has 0 unspecified atom stereocenters. The number of hydrogen-bond donors (Lipinski definition) is 1. The maximum Gasteiger partial charge on any atom is 0.139 e. The molecule has 0 heterocycles. The van der Waals surface area contributed by atoms with Gasteiger partial charge in [0.25, 0.3) is 0 Å². The molecule has 4 heteroatoms. The van der Waals surface area contributed by atoms with Gasteiger partial charge in [0.15, 0.2) is 0 Å². The Morgan fingerprint density at radius 2 is 1.86 bits per heavy atom. The van der Waals surface area contributed by atoms with Crippen LogP contribution < -0.4 is 0 Å². The molecule has 0 saturated heterocycles. The normalized spacial score (nSPS) is 47.0. The lowest BCUT2D eigenvalue weighted by atomic mass is 9.44. The van der Waals surface area contributed by atoms with Crippen LogP contribution in [0, 0.1) is 34.5 Å². The highest BCUT2D eigenvalue weighted by atomic mass is 16.5. The number of Topliss-reactive ketones (excluding diaryl/α,β-unsaturated/α-hetero) is 1. The minimum absolute atomic E-state index is 0.0710. The molecule has 0 radical (unpaired) electrons. The smallest absolute Gasteiger partial charge is 0.139 e. The summed E-state index contributed by atoms with van der Waals surface area (Å²) >= 11 is 0. The average molecular weight is 407 g/mol. The van der Waals surface area contributed by atoms with Gasteiger partial charge in [-0.1, -0.05) is 6.92 Å². The summed E-state index contributed by atoms with van der Waals surface area (Å²) in [7, 11) is 0. The second-order valence-corrected chi connectivity index (χ2v) is 11.2. The van der Waals surface area contributed by atoms with Crippen LogP contribution in [0.2, 0.25) is 0 Å². The number of ketones is 1. The van der Waals surface area contributed by atoms with E-state index < -0.39 is 5.60 Å².